The minimum Gasteiger partial charge on any atom is -0.353 e. The first-order valence-corrected chi connectivity index (χ1v) is 8.88. The van der Waals surface area contributed by atoms with Gasteiger partial charge in [0.1, 0.15) is 5.82 Å². The molecule has 1 aromatic carbocycles. The Morgan fingerprint density at radius 1 is 1.17 bits per heavy atom. The molecule has 3 rings (SSSR count). The van der Waals surface area contributed by atoms with E-state index in [0.29, 0.717) is 18.4 Å². The van der Waals surface area contributed by atoms with Crippen LogP contribution in [0.15, 0.2) is 24.3 Å². The van der Waals surface area contributed by atoms with E-state index in [1.807, 2.05) is 0 Å². The van der Waals surface area contributed by atoms with Crippen LogP contribution in [0.3, 0.4) is 0 Å². The van der Waals surface area contributed by atoms with E-state index in [1.165, 1.54) is 17.4 Å². The van der Waals surface area contributed by atoms with Crippen molar-refractivity contribution in [2.45, 2.75) is 57.0 Å². The van der Waals surface area contributed by atoms with Crippen LogP contribution in [-0.2, 0) is 9.59 Å². The number of nitrogens with one attached hydrogen (secondary N) is 1. The zero-order valence-electron chi connectivity index (χ0n) is 14.1. The number of carbonyl (C=O) groups excluding carboxylic acids is 2. The normalized spacial score (nSPS) is 25.6. The highest BCUT2D eigenvalue weighted by Crippen LogP contribution is 2.37. The van der Waals surface area contributed by atoms with Crippen molar-refractivity contribution in [1.82, 2.24) is 10.2 Å². The van der Waals surface area contributed by atoms with E-state index in [0.717, 1.165) is 25.7 Å². The number of hydrogen-bond acceptors (Lipinski definition) is 2. The summed E-state index contributed by atoms with van der Waals surface area (Å²) in [5, 5.41) is 3.14. The quantitative estimate of drug-likeness (QED) is 0.924. The van der Waals surface area contributed by atoms with Crippen LogP contribution in [0.4, 0.5) is 4.39 Å². The van der Waals surface area contributed by atoms with E-state index in [2.05, 4.69) is 5.32 Å². The topological polar surface area (TPSA) is 49.4 Å². The van der Waals surface area contributed by atoms with Crippen molar-refractivity contribution in [3.8, 4) is 0 Å². The highest BCUT2D eigenvalue weighted by atomic mass is 19.1. The fourth-order valence-electron chi connectivity index (χ4n) is 4.01. The van der Waals surface area contributed by atoms with Gasteiger partial charge < -0.3 is 10.2 Å². The Morgan fingerprint density at radius 3 is 2.58 bits per heavy atom. The van der Waals surface area contributed by atoms with Crippen LogP contribution in [0.1, 0.15) is 56.6 Å². The smallest absolute Gasteiger partial charge is 0.225 e. The highest BCUT2D eigenvalue weighted by Gasteiger charge is 2.40. The fourth-order valence-corrected chi connectivity index (χ4v) is 4.01. The van der Waals surface area contributed by atoms with Gasteiger partial charge in [0.15, 0.2) is 0 Å². The standard InChI is InChI=1S/C19H25FN2O2/c1-22-17(23)12-11-15(18(22)14-9-5-6-10-16(14)20)19(24)21-13-7-3-2-4-8-13/h5-6,9-10,13,15,18H,2-4,7-8,11-12H2,1H3,(H,21,24)/t15-,18-/m0/s1. The van der Waals surface area contributed by atoms with Crippen molar-refractivity contribution in [3.63, 3.8) is 0 Å². The lowest BCUT2D eigenvalue weighted by molar-refractivity contribution is -0.142. The Labute approximate surface area is 142 Å². The molecular weight excluding hydrogens is 307 g/mol. The van der Waals surface area contributed by atoms with Gasteiger partial charge in [-0.1, -0.05) is 37.5 Å². The summed E-state index contributed by atoms with van der Waals surface area (Å²) in [6.07, 6.45) is 6.35. The second kappa shape index (κ2) is 7.32. The Hall–Kier alpha value is -1.91. The molecule has 2 aliphatic rings. The van der Waals surface area contributed by atoms with E-state index in [-0.39, 0.29) is 23.7 Å². The number of hydrogen-bond donors (Lipinski definition) is 1. The number of piperidine rings is 1. The number of nitrogens with zero attached hydrogens (tertiary/aromatic N) is 1. The van der Waals surface area contributed by atoms with Gasteiger partial charge in [-0.05, 0) is 25.3 Å². The van der Waals surface area contributed by atoms with Crippen LogP contribution >= 0.6 is 0 Å². The van der Waals surface area contributed by atoms with E-state index >= 15 is 0 Å². The molecule has 0 spiro atoms. The number of rotatable bonds is 3. The Kier molecular flexibility index (Phi) is 5.17. The second-order valence-corrected chi connectivity index (χ2v) is 6.96. The van der Waals surface area contributed by atoms with Crippen LogP contribution < -0.4 is 5.32 Å². The summed E-state index contributed by atoms with van der Waals surface area (Å²) in [4.78, 5) is 26.5. The van der Waals surface area contributed by atoms with Gasteiger partial charge in [-0.2, -0.15) is 0 Å². The molecule has 1 saturated heterocycles. The molecule has 0 unspecified atom stereocenters. The van der Waals surface area contributed by atoms with Crippen molar-refractivity contribution in [1.29, 1.82) is 0 Å². The Morgan fingerprint density at radius 2 is 1.88 bits per heavy atom. The van der Waals surface area contributed by atoms with E-state index < -0.39 is 12.0 Å². The summed E-state index contributed by atoms with van der Waals surface area (Å²) in [7, 11) is 1.67. The molecule has 1 aliphatic heterocycles. The second-order valence-electron chi connectivity index (χ2n) is 6.96. The lowest BCUT2D eigenvalue weighted by Crippen LogP contribution is -2.49. The summed E-state index contributed by atoms with van der Waals surface area (Å²) in [6.45, 7) is 0. The lowest BCUT2D eigenvalue weighted by atomic mass is 9.83. The minimum atomic E-state index is -0.531. The van der Waals surface area contributed by atoms with Crippen LogP contribution in [0.2, 0.25) is 0 Å². The molecular formula is C19H25FN2O2. The van der Waals surface area contributed by atoms with E-state index in [9.17, 15) is 14.0 Å². The molecule has 1 heterocycles. The van der Waals surface area contributed by atoms with Gasteiger partial charge in [0.05, 0.1) is 12.0 Å². The Bertz CT molecular complexity index is 613. The fraction of sp³-hybridized carbons (Fsp3) is 0.579. The Balaban J connectivity index is 1.82. The highest BCUT2D eigenvalue weighted by molar-refractivity contribution is 5.85. The van der Waals surface area contributed by atoms with Crippen molar-refractivity contribution in [2.75, 3.05) is 7.05 Å². The van der Waals surface area contributed by atoms with Crippen molar-refractivity contribution in [2.24, 2.45) is 5.92 Å². The molecule has 2 atom stereocenters. The molecule has 2 fully saturated rings. The monoisotopic (exact) mass is 332 g/mol. The number of carbonyl (C=O) groups is 2. The molecule has 0 radical (unpaired) electrons. The van der Waals surface area contributed by atoms with Gasteiger partial charge >= 0.3 is 0 Å². The van der Waals surface area contributed by atoms with Gasteiger partial charge in [-0.15, -0.1) is 0 Å². The molecule has 1 aliphatic carbocycles. The maximum Gasteiger partial charge on any atom is 0.225 e. The molecule has 0 bridgehead atoms. The molecule has 130 valence electrons. The SMILES string of the molecule is CN1C(=O)CC[C@H](C(=O)NC2CCCCC2)[C@@H]1c1ccccc1F. The molecule has 2 amide bonds. The van der Waals surface area contributed by atoms with Gasteiger partial charge in [-0.3, -0.25) is 9.59 Å². The average Bonchev–Trinajstić information content (AvgIpc) is 2.59. The minimum absolute atomic E-state index is 0.0371. The first-order valence-electron chi connectivity index (χ1n) is 8.88. The molecule has 1 saturated carbocycles. The third-order valence-corrected chi connectivity index (χ3v) is 5.37. The maximum atomic E-state index is 14.3. The van der Waals surface area contributed by atoms with E-state index in [1.54, 1.807) is 25.2 Å². The van der Waals surface area contributed by atoms with Crippen LogP contribution in [-0.4, -0.2) is 29.8 Å². The zero-order chi connectivity index (χ0) is 17.1. The molecule has 1 aromatic rings. The van der Waals surface area contributed by atoms with Crippen molar-refractivity contribution >= 4 is 11.8 Å². The molecule has 0 aromatic heterocycles. The summed E-state index contributed by atoms with van der Waals surface area (Å²) in [5.41, 5.74) is 0.428. The van der Waals surface area contributed by atoms with Crippen molar-refractivity contribution < 1.29 is 14.0 Å². The molecule has 4 nitrogen and oxygen atoms in total. The number of amides is 2. The third-order valence-electron chi connectivity index (χ3n) is 5.37. The number of halogens is 1. The number of benzene rings is 1. The first-order chi connectivity index (χ1) is 11.6. The third kappa shape index (κ3) is 3.45. The van der Waals surface area contributed by atoms with Gasteiger partial charge in [0, 0.05) is 25.1 Å². The maximum absolute atomic E-state index is 14.3. The lowest BCUT2D eigenvalue weighted by Gasteiger charge is -2.39. The zero-order valence-corrected chi connectivity index (χ0v) is 14.1. The largest absolute Gasteiger partial charge is 0.353 e. The summed E-state index contributed by atoms with van der Waals surface area (Å²) >= 11 is 0. The van der Waals surface area contributed by atoms with Crippen LogP contribution in [0, 0.1) is 11.7 Å². The summed E-state index contributed by atoms with van der Waals surface area (Å²) in [6, 6.07) is 6.13. The van der Waals surface area contributed by atoms with Gasteiger partial charge in [-0.25, -0.2) is 4.39 Å². The first kappa shape index (κ1) is 16.9. The van der Waals surface area contributed by atoms with Crippen LogP contribution in [0.25, 0.3) is 0 Å². The average molecular weight is 332 g/mol. The predicted octanol–water partition coefficient (Wildman–Crippen LogP) is 3.18. The predicted molar refractivity (Wildman–Crippen MR) is 89.7 cm³/mol. The molecule has 24 heavy (non-hydrogen) atoms. The summed E-state index contributed by atoms with van der Waals surface area (Å²) < 4.78 is 14.3. The van der Waals surface area contributed by atoms with Gasteiger partial charge in [0.2, 0.25) is 11.8 Å². The van der Waals surface area contributed by atoms with Gasteiger partial charge in [0.25, 0.3) is 0 Å². The number of likely N-dealkylation sites (tertiary alicyclic amines) is 1. The van der Waals surface area contributed by atoms with Crippen LogP contribution in [0.5, 0.6) is 0 Å². The summed E-state index contributed by atoms with van der Waals surface area (Å²) in [5.74, 6) is -0.842. The molecule has 1 N–H and O–H groups in total. The molecule has 5 heteroatoms. The van der Waals surface area contributed by atoms with Crippen molar-refractivity contribution in [3.05, 3.63) is 35.6 Å². The van der Waals surface area contributed by atoms with E-state index in [4.69, 9.17) is 0 Å².